The predicted molar refractivity (Wildman–Crippen MR) is 76.3 cm³/mol. The summed E-state index contributed by atoms with van der Waals surface area (Å²) >= 11 is 3.84. The third kappa shape index (κ3) is 2.12. The number of rotatable bonds is 1. The van der Waals surface area contributed by atoms with Crippen LogP contribution in [-0.2, 0) is 0 Å². The van der Waals surface area contributed by atoms with Gasteiger partial charge in [-0.05, 0) is 43.4 Å². The van der Waals surface area contributed by atoms with E-state index in [-0.39, 0.29) is 11.5 Å². The molecule has 1 fully saturated rings. The van der Waals surface area contributed by atoms with E-state index in [0.717, 1.165) is 6.42 Å². The quantitative estimate of drug-likeness (QED) is 0.570. The molecule has 0 radical (unpaired) electrons. The number of aliphatic hydroxyl groups is 1. The Morgan fingerprint density at radius 3 is 2.71 bits per heavy atom. The molecule has 2 aliphatic carbocycles. The molecule has 0 heterocycles. The van der Waals surface area contributed by atoms with Crippen LogP contribution < -0.4 is 0 Å². The molecule has 2 rings (SSSR count). The van der Waals surface area contributed by atoms with Gasteiger partial charge in [0.2, 0.25) is 0 Å². The Bertz CT molecular complexity index is 323. The van der Waals surface area contributed by atoms with Crippen LogP contribution in [0.1, 0.15) is 47.0 Å². The molecule has 98 valence electrons. The van der Waals surface area contributed by atoms with E-state index in [1.54, 1.807) is 0 Å². The summed E-state index contributed by atoms with van der Waals surface area (Å²) in [6, 6.07) is 0. The van der Waals surface area contributed by atoms with Crippen LogP contribution in [0.5, 0.6) is 0 Å². The summed E-state index contributed by atoms with van der Waals surface area (Å²) in [7, 11) is 0. The van der Waals surface area contributed by atoms with E-state index in [1.807, 2.05) is 0 Å². The van der Waals surface area contributed by atoms with E-state index >= 15 is 0 Å². The lowest BCUT2D eigenvalue weighted by atomic mass is 9.55. The van der Waals surface area contributed by atoms with Crippen molar-refractivity contribution in [2.45, 2.75) is 57.9 Å². The van der Waals surface area contributed by atoms with E-state index in [2.05, 4.69) is 49.7 Å². The van der Waals surface area contributed by atoms with Crippen LogP contribution in [0.4, 0.5) is 0 Å². The number of aliphatic hydroxyl groups excluding tert-OH is 1. The van der Waals surface area contributed by atoms with Gasteiger partial charge in [0.1, 0.15) is 0 Å². The molecule has 2 heteroatoms. The van der Waals surface area contributed by atoms with Gasteiger partial charge >= 0.3 is 0 Å². The largest absolute Gasteiger partial charge is 0.392 e. The van der Waals surface area contributed by atoms with Crippen molar-refractivity contribution in [3.05, 3.63) is 11.6 Å². The monoisotopic (exact) mass is 300 g/mol. The van der Waals surface area contributed by atoms with Crippen molar-refractivity contribution in [1.29, 1.82) is 0 Å². The molecule has 0 bridgehead atoms. The first kappa shape index (κ1) is 13.6. The van der Waals surface area contributed by atoms with Crippen LogP contribution in [0.25, 0.3) is 0 Å². The van der Waals surface area contributed by atoms with Gasteiger partial charge in [-0.25, -0.2) is 0 Å². The number of halogens is 1. The maximum Gasteiger partial charge on any atom is 0.0641 e. The molecule has 17 heavy (non-hydrogen) atoms. The van der Waals surface area contributed by atoms with E-state index in [0.29, 0.717) is 22.6 Å². The van der Waals surface area contributed by atoms with Crippen molar-refractivity contribution in [2.24, 2.45) is 23.2 Å². The van der Waals surface area contributed by atoms with E-state index in [1.165, 1.54) is 18.4 Å². The minimum Gasteiger partial charge on any atom is -0.392 e. The molecule has 0 spiro atoms. The topological polar surface area (TPSA) is 20.2 Å². The zero-order valence-corrected chi connectivity index (χ0v) is 13.0. The smallest absolute Gasteiger partial charge is 0.0641 e. The maximum atomic E-state index is 10.7. The second-order valence-electron chi connectivity index (χ2n) is 6.57. The predicted octanol–water partition coefficient (Wildman–Crippen LogP) is 4.15. The zero-order chi connectivity index (χ0) is 12.8. The Kier molecular flexibility index (Phi) is 3.76. The molecule has 5 atom stereocenters. The van der Waals surface area contributed by atoms with Gasteiger partial charge in [-0.3, -0.25) is 0 Å². The Morgan fingerprint density at radius 2 is 2.12 bits per heavy atom. The average molecular weight is 301 g/mol. The van der Waals surface area contributed by atoms with E-state index < -0.39 is 0 Å². The second kappa shape index (κ2) is 4.70. The minimum absolute atomic E-state index is 0.162. The first-order valence-corrected chi connectivity index (χ1v) is 7.78. The highest BCUT2D eigenvalue weighted by Gasteiger charge is 2.51. The van der Waals surface area contributed by atoms with Crippen molar-refractivity contribution in [3.63, 3.8) is 0 Å². The fourth-order valence-corrected chi connectivity index (χ4v) is 4.70. The molecule has 0 aromatic rings. The fraction of sp³-hybridized carbons (Fsp3) is 0.867. The van der Waals surface area contributed by atoms with Gasteiger partial charge in [-0.1, -0.05) is 48.4 Å². The summed E-state index contributed by atoms with van der Waals surface area (Å²) in [5.41, 5.74) is 1.64. The van der Waals surface area contributed by atoms with Crippen molar-refractivity contribution >= 4 is 15.9 Å². The Labute approximate surface area is 114 Å². The van der Waals surface area contributed by atoms with Crippen molar-refractivity contribution < 1.29 is 5.11 Å². The van der Waals surface area contributed by atoms with Gasteiger partial charge in [0.25, 0.3) is 0 Å². The number of alkyl halides is 1. The van der Waals surface area contributed by atoms with Crippen LogP contribution in [0, 0.1) is 23.2 Å². The van der Waals surface area contributed by atoms with Crippen molar-refractivity contribution in [2.75, 3.05) is 0 Å². The van der Waals surface area contributed by atoms with Gasteiger partial charge < -0.3 is 5.11 Å². The number of hydrogen-bond acceptors (Lipinski definition) is 1. The lowest BCUT2D eigenvalue weighted by Crippen LogP contribution is -2.52. The normalized spacial score (nSPS) is 46.6. The van der Waals surface area contributed by atoms with Crippen molar-refractivity contribution in [3.8, 4) is 0 Å². The SMILES string of the molecule is CC1=CC[C@H](Br)[C@@]2(C)CC[C@@H](C(C)C)[C@@H](O)[C@H]12. The third-order valence-electron chi connectivity index (χ3n) is 5.22. The highest BCUT2D eigenvalue weighted by molar-refractivity contribution is 9.09. The Balaban J connectivity index is 2.33. The molecular weight excluding hydrogens is 276 g/mol. The van der Waals surface area contributed by atoms with Gasteiger partial charge in [0.15, 0.2) is 0 Å². The molecule has 2 aliphatic rings. The van der Waals surface area contributed by atoms with Gasteiger partial charge in [0, 0.05) is 10.7 Å². The highest BCUT2D eigenvalue weighted by Crippen LogP contribution is 2.55. The number of fused-ring (bicyclic) bond motifs is 1. The van der Waals surface area contributed by atoms with Gasteiger partial charge in [-0.2, -0.15) is 0 Å². The minimum atomic E-state index is -0.162. The molecular formula is C15H25BrO. The van der Waals surface area contributed by atoms with Gasteiger partial charge in [-0.15, -0.1) is 0 Å². The van der Waals surface area contributed by atoms with Crippen LogP contribution in [0.2, 0.25) is 0 Å². The lowest BCUT2D eigenvalue weighted by Gasteiger charge is -2.53. The fourth-order valence-electron chi connectivity index (χ4n) is 4.00. The molecule has 0 amide bonds. The molecule has 1 N–H and O–H groups in total. The van der Waals surface area contributed by atoms with Gasteiger partial charge in [0.05, 0.1) is 6.10 Å². The Hall–Kier alpha value is 0.180. The van der Waals surface area contributed by atoms with Crippen LogP contribution in [-0.4, -0.2) is 16.0 Å². The van der Waals surface area contributed by atoms with Crippen molar-refractivity contribution in [1.82, 2.24) is 0 Å². The van der Waals surface area contributed by atoms with Crippen LogP contribution in [0.3, 0.4) is 0 Å². The molecule has 0 aliphatic heterocycles. The molecule has 1 saturated carbocycles. The lowest BCUT2D eigenvalue weighted by molar-refractivity contribution is -0.0576. The molecule has 0 aromatic carbocycles. The van der Waals surface area contributed by atoms with Crippen LogP contribution in [0.15, 0.2) is 11.6 Å². The molecule has 0 aromatic heterocycles. The standard InChI is InChI=1S/C15H25BrO/c1-9(2)11-7-8-15(4)12(16)6-5-10(3)13(15)14(11)17/h5,9,11-14,17H,6-8H2,1-4H3/t11-,12-,13-,14+,15+/m0/s1. The summed E-state index contributed by atoms with van der Waals surface area (Å²) in [5.74, 6) is 1.40. The average Bonchev–Trinajstić information content (AvgIpc) is 2.23. The van der Waals surface area contributed by atoms with E-state index in [9.17, 15) is 5.11 Å². The summed E-state index contributed by atoms with van der Waals surface area (Å²) < 4.78 is 0. The molecule has 1 nitrogen and oxygen atoms in total. The first-order valence-electron chi connectivity index (χ1n) is 6.86. The number of hydrogen-bond donors (Lipinski definition) is 1. The van der Waals surface area contributed by atoms with Crippen LogP contribution >= 0.6 is 15.9 Å². The first-order chi connectivity index (χ1) is 7.88. The summed E-state index contributed by atoms with van der Waals surface area (Å²) in [5, 5.41) is 10.7. The highest BCUT2D eigenvalue weighted by atomic mass is 79.9. The summed E-state index contributed by atoms with van der Waals surface area (Å²) in [6.45, 7) is 9.04. The zero-order valence-electron chi connectivity index (χ0n) is 11.4. The Morgan fingerprint density at radius 1 is 1.47 bits per heavy atom. The molecule has 0 unspecified atom stereocenters. The molecule has 0 saturated heterocycles. The third-order valence-corrected chi connectivity index (χ3v) is 6.64. The maximum absolute atomic E-state index is 10.7. The summed E-state index contributed by atoms with van der Waals surface area (Å²) in [6.07, 6.45) is 5.67. The number of allylic oxidation sites excluding steroid dienone is 1. The summed E-state index contributed by atoms with van der Waals surface area (Å²) in [4.78, 5) is 0.520. The van der Waals surface area contributed by atoms with E-state index in [4.69, 9.17) is 0 Å². The second-order valence-corrected chi connectivity index (χ2v) is 7.68.